The van der Waals surface area contributed by atoms with Crippen molar-refractivity contribution < 1.29 is 0 Å². The third-order valence-electron chi connectivity index (χ3n) is 4.72. The zero-order valence-corrected chi connectivity index (χ0v) is 12.6. The highest BCUT2D eigenvalue weighted by Gasteiger charge is 2.07. The number of rotatable bonds is 0. The number of hydrogen-bond donors (Lipinski definition) is 0. The second-order valence-electron chi connectivity index (χ2n) is 6.30. The molecule has 0 saturated heterocycles. The minimum Gasteiger partial charge on any atom is -0.347 e. The van der Waals surface area contributed by atoms with Gasteiger partial charge in [-0.3, -0.25) is 0 Å². The molecule has 0 atom stereocenters. The lowest BCUT2D eigenvalue weighted by Crippen LogP contribution is -2.00. The van der Waals surface area contributed by atoms with Crippen LogP contribution in [0.25, 0.3) is 10.9 Å². The van der Waals surface area contributed by atoms with Crippen molar-refractivity contribution in [1.82, 2.24) is 4.57 Å². The Kier molecular flexibility index (Phi) is 4.78. The number of para-hydroxylation sites is 1. The highest BCUT2D eigenvalue weighted by atomic mass is 14.9. The molecule has 0 radical (unpaired) electrons. The lowest BCUT2D eigenvalue weighted by atomic mass is 10.0. The van der Waals surface area contributed by atoms with E-state index in [0.717, 1.165) is 0 Å². The monoisotopic (exact) mass is 269 g/mol. The van der Waals surface area contributed by atoms with E-state index >= 15 is 0 Å². The molecular formula is C19H27N. The summed E-state index contributed by atoms with van der Waals surface area (Å²) in [6, 6.07) is 9.12. The van der Waals surface area contributed by atoms with Crippen molar-refractivity contribution in [2.75, 3.05) is 0 Å². The molecule has 1 aliphatic heterocycles. The van der Waals surface area contributed by atoms with Gasteiger partial charge in [0, 0.05) is 12.7 Å². The van der Waals surface area contributed by atoms with Crippen LogP contribution >= 0.6 is 0 Å². The van der Waals surface area contributed by atoms with E-state index in [1.165, 1.54) is 81.7 Å². The van der Waals surface area contributed by atoms with Crippen LogP contribution in [0.15, 0.2) is 30.5 Å². The third-order valence-corrected chi connectivity index (χ3v) is 4.72. The largest absolute Gasteiger partial charge is 0.347 e. The predicted octanol–water partition coefficient (Wildman–Crippen LogP) is 5.71. The minimum atomic E-state index is 1.19. The van der Waals surface area contributed by atoms with Crippen molar-refractivity contribution in [1.29, 1.82) is 0 Å². The normalized spacial score (nSPS) is 18.8. The van der Waals surface area contributed by atoms with E-state index in [1.807, 2.05) is 0 Å². The van der Waals surface area contributed by atoms with Gasteiger partial charge in [0.2, 0.25) is 0 Å². The van der Waals surface area contributed by atoms with Crippen LogP contribution in [0, 0.1) is 0 Å². The van der Waals surface area contributed by atoms with Crippen LogP contribution in [0.3, 0.4) is 0 Å². The molecule has 0 fully saturated rings. The Morgan fingerprint density at radius 1 is 0.700 bits per heavy atom. The molecule has 1 nitrogen and oxygen atoms in total. The number of benzene rings is 1. The second kappa shape index (κ2) is 6.97. The standard InChI is InChI=1S/C19H27N/c1-2-4-6-8-11-17-12-10-13-18-14-16-20(19(17)18)15-9-7-5-3-1/h10,12-14,16H,1-9,11,15H2. The first-order valence-electron chi connectivity index (χ1n) is 8.52. The summed E-state index contributed by atoms with van der Waals surface area (Å²) in [5.74, 6) is 0. The van der Waals surface area contributed by atoms with Crippen molar-refractivity contribution >= 4 is 10.9 Å². The van der Waals surface area contributed by atoms with Crippen LogP contribution in [0.2, 0.25) is 0 Å². The number of hydrogen-bond acceptors (Lipinski definition) is 0. The summed E-state index contributed by atoms with van der Waals surface area (Å²) in [4.78, 5) is 0. The Morgan fingerprint density at radius 3 is 2.20 bits per heavy atom. The molecule has 0 N–H and O–H groups in total. The van der Waals surface area contributed by atoms with E-state index < -0.39 is 0 Å². The van der Waals surface area contributed by atoms with Gasteiger partial charge in [-0.15, -0.1) is 0 Å². The summed E-state index contributed by atoms with van der Waals surface area (Å²) in [5.41, 5.74) is 3.06. The van der Waals surface area contributed by atoms with E-state index in [9.17, 15) is 0 Å². The molecule has 1 aromatic heterocycles. The van der Waals surface area contributed by atoms with Crippen molar-refractivity contribution in [3.05, 3.63) is 36.0 Å². The van der Waals surface area contributed by atoms with Crippen LogP contribution in [-0.2, 0) is 13.0 Å². The average Bonchev–Trinajstić information content (AvgIpc) is 2.88. The first-order valence-corrected chi connectivity index (χ1v) is 8.52. The summed E-state index contributed by atoms with van der Waals surface area (Å²) in [6.07, 6.45) is 16.2. The fraction of sp³-hybridized carbons (Fsp3) is 0.579. The van der Waals surface area contributed by atoms with Crippen LogP contribution in [-0.4, -0.2) is 4.57 Å². The molecule has 20 heavy (non-hydrogen) atoms. The zero-order valence-electron chi connectivity index (χ0n) is 12.6. The van der Waals surface area contributed by atoms with Gasteiger partial charge in [0.25, 0.3) is 0 Å². The summed E-state index contributed by atoms with van der Waals surface area (Å²) in [5, 5.41) is 1.43. The lowest BCUT2D eigenvalue weighted by molar-refractivity contribution is 0.536. The maximum atomic E-state index is 2.50. The SMILES string of the molecule is c1cc2c3c(c1)ccn3CCCCCCCCCCC2. The molecule has 1 aliphatic rings. The molecule has 0 amide bonds. The van der Waals surface area contributed by atoms with Gasteiger partial charge in [-0.05, 0) is 36.3 Å². The number of aromatic nitrogens is 1. The maximum Gasteiger partial charge on any atom is 0.0512 e. The molecule has 108 valence electrons. The number of nitrogens with zero attached hydrogens (tertiary/aromatic N) is 1. The van der Waals surface area contributed by atoms with Gasteiger partial charge in [-0.1, -0.05) is 63.1 Å². The van der Waals surface area contributed by atoms with Crippen molar-refractivity contribution in [3.8, 4) is 0 Å². The Bertz CT molecular complexity index is 538. The molecule has 1 aromatic carbocycles. The third kappa shape index (κ3) is 3.26. The van der Waals surface area contributed by atoms with E-state index in [2.05, 4.69) is 35.0 Å². The van der Waals surface area contributed by atoms with Gasteiger partial charge in [0.05, 0.1) is 5.52 Å². The summed E-state index contributed by atoms with van der Waals surface area (Å²) in [7, 11) is 0. The summed E-state index contributed by atoms with van der Waals surface area (Å²) < 4.78 is 2.50. The Balaban J connectivity index is 1.82. The quantitative estimate of drug-likeness (QED) is 0.577. The van der Waals surface area contributed by atoms with Crippen LogP contribution < -0.4 is 0 Å². The van der Waals surface area contributed by atoms with Gasteiger partial charge in [-0.2, -0.15) is 0 Å². The van der Waals surface area contributed by atoms with E-state index in [-0.39, 0.29) is 0 Å². The van der Waals surface area contributed by atoms with E-state index in [4.69, 9.17) is 0 Å². The topological polar surface area (TPSA) is 4.93 Å². The Labute approximate surface area is 123 Å². The van der Waals surface area contributed by atoms with Gasteiger partial charge < -0.3 is 4.57 Å². The van der Waals surface area contributed by atoms with Crippen molar-refractivity contribution in [2.24, 2.45) is 0 Å². The fourth-order valence-electron chi connectivity index (χ4n) is 3.56. The molecule has 0 unspecified atom stereocenters. The summed E-state index contributed by atoms with van der Waals surface area (Å²) >= 11 is 0. The van der Waals surface area contributed by atoms with E-state index in [0.29, 0.717) is 0 Å². The first-order chi connectivity index (χ1) is 9.95. The zero-order chi connectivity index (χ0) is 13.6. The molecule has 0 saturated carbocycles. The first kappa shape index (κ1) is 13.7. The summed E-state index contributed by atoms with van der Waals surface area (Å²) in [6.45, 7) is 1.19. The van der Waals surface area contributed by atoms with Crippen molar-refractivity contribution in [3.63, 3.8) is 0 Å². The predicted molar refractivity (Wildman–Crippen MR) is 87.2 cm³/mol. The molecule has 1 heteroatoms. The molecule has 3 rings (SSSR count). The van der Waals surface area contributed by atoms with Gasteiger partial charge in [0.15, 0.2) is 0 Å². The number of aryl methyl sites for hydroxylation is 2. The lowest BCUT2D eigenvalue weighted by Gasteiger charge is -2.11. The van der Waals surface area contributed by atoms with Gasteiger partial charge in [0.1, 0.15) is 0 Å². The highest BCUT2D eigenvalue weighted by Crippen LogP contribution is 2.23. The molecule has 0 aliphatic carbocycles. The average molecular weight is 269 g/mol. The van der Waals surface area contributed by atoms with Crippen LogP contribution in [0.1, 0.15) is 63.4 Å². The molecule has 2 heterocycles. The Morgan fingerprint density at radius 2 is 1.40 bits per heavy atom. The Hall–Kier alpha value is -1.24. The van der Waals surface area contributed by atoms with Crippen molar-refractivity contribution in [2.45, 2.75) is 70.8 Å². The molecular weight excluding hydrogens is 242 g/mol. The molecule has 0 spiro atoms. The van der Waals surface area contributed by atoms with Crippen LogP contribution in [0.5, 0.6) is 0 Å². The fourth-order valence-corrected chi connectivity index (χ4v) is 3.56. The molecule has 0 bridgehead atoms. The minimum absolute atomic E-state index is 1.19. The second-order valence-corrected chi connectivity index (χ2v) is 6.30. The van der Waals surface area contributed by atoms with Gasteiger partial charge >= 0.3 is 0 Å². The van der Waals surface area contributed by atoms with E-state index in [1.54, 1.807) is 5.56 Å². The maximum absolute atomic E-state index is 2.50. The highest BCUT2D eigenvalue weighted by molar-refractivity contribution is 5.83. The van der Waals surface area contributed by atoms with Gasteiger partial charge in [-0.25, -0.2) is 0 Å². The smallest absolute Gasteiger partial charge is 0.0512 e. The molecule has 2 aromatic rings. The van der Waals surface area contributed by atoms with Crippen LogP contribution in [0.4, 0.5) is 0 Å².